The Labute approximate surface area is 173 Å². The minimum absolute atomic E-state index is 0.215. The van der Waals surface area contributed by atoms with Crippen molar-refractivity contribution in [1.82, 2.24) is 10.2 Å². The predicted molar refractivity (Wildman–Crippen MR) is 111 cm³/mol. The van der Waals surface area contributed by atoms with Crippen LogP contribution in [-0.4, -0.2) is 30.4 Å². The summed E-state index contributed by atoms with van der Waals surface area (Å²) >= 11 is 0. The van der Waals surface area contributed by atoms with Crippen molar-refractivity contribution in [3.8, 4) is 23.0 Å². The molecular weight excluding hydrogens is 384 g/mol. The Morgan fingerprint density at radius 2 is 1.63 bits per heavy atom. The fraction of sp³-hybridized carbons (Fsp3) is 0.174. The summed E-state index contributed by atoms with van der Waals surface area (Å²) < 4.78 is 21.8. The number of hydrogen-bond donors (Lipinski definition) is 0. The molecule has 0 N–H and O–H groups in total. The maximum atomic E-state index is 12.8. The third kappa shape index (κ3) is 3.69. The van der Waals surface area contributed by atoms with Crippen LogP contribution in [0.5, 0.6) is 11.5 Å². The van der Waals surface area contributed by atoms with E-state index in [1.807, 2.05) is 36.4 Å². The second-order valence-electron chi connectivity index (χ2n) is 6.58. The maximum absolute atomic E-state index is 12.8. The second-order valence-corrected chi connectivity index (χ2v) is 6.58. The number of aromatic nitrogens is 2. The lowest BCUT2D eigenvalue weighted by molar-refractivity contribution is 0.0282. The molecule has 0 aliphatic rings. The fourth-order valence-electron chi connectivity index (χ4n) is 3.15. The quantitative estimate of drug-likeness (QED) is 0.426. The average Bonchev–Trinajstić information content (AvgIpc) is 3.29. The van der Waals surface area contributed by atoms with Crippen LogP contribution in [0.2, 0.25) is 0 Å². The average molecular weight is 404 g/mol. The van der Waals surface area contributed by atoms with E-state index in [0.717, 1.165) is 22.1 Å². The lowest BCUT2D eigenvalue weighted by Crippen LogP contribution is -2.10. The van der Waals surface area contributed by atoms with Crippen LogP contribution in [0.4, 0.5) is 0 Å². The number of methoxy groups -OCH3 is 2. The Morgan fingerprint density at radius 1 is 0.900 bits per heavy atom. The number of hydrogen-bond acceptors (Lipinski definition) is 7. The lowest BCUT2D eigenvalue weighted by atomic mass is 10.0. The molecule has 0 saturated heterocycles. The zero-order chi connectivity index (χ0) is 21.1. The summed E-state index contributed by atoms with van der Waals surface area (Å²) in [7, 11) is 3.19. The van der Waals surface area contributed by atoms with E-state index in [1.165, 1.54) is 0 Å². The van der Waals surface area contributed by atoms with Crippen molar-refractivity contribution in [2.24, 2.45) is 0 Å². The number of fused-ring (bicyclic) bond motifs is 1. The first-order chi connectivity index (χ1) is 14.6. The SMILES string of the molecule is COc1ccc(-c2nnc([C@@H](C)OC(=O)c3ccc(OC)c4ccccc34)o2)cc1. The minimum Gasteiger partial charge on any atom is -0.497 e. The van der Waals surface area contributed by atoms with Crippen molar-refractivity contribution in [2.45, 2.75) is 13.0 Å². The van der Waals surface area contributed by atoms with Crippen LogP contribution in [0, 0.1) is 0 Å². The van der Waals surface area contributed by atoms with Gasteiger partial charge in [0.15, 0.2) is 6.10 Å². The molecule has 0 spiro atoms. The zero-order valence-corrected chi connectivity index (χ0v) is 16.8. The van der Waals surface area contributed by atoms with Gasteiger partial charge < -0.3 is 18.6 Å². The normalized spacial score (nSPS) is 11.8. The highest BCUT2D eigenvalue weighted by Gasteiger charge is 2.22. The highest BCUT2D eigenvalue weighted by Crippen LogP contribution is 2.30. The molecular formula is C23H20N2O5. The van der Waals surface area contributed by atoms with Crippen LogP contribution >= 0.6 is 0 Å². The molecule has 0 saturated carbocycles. The molecule has 0 fully saturated rings. The van der Waals surface area contributed by atoms with E-state index >= 15 is 0 Å². The van der Waals surface area contributed by atoms with Crippen LogP contribution in [0.25, 0.3) is 22.2 Å². The number of carbonyl (C=O) groups is 1. The first-order valence-corrected chi connectivity index (χ1v) is 9.35. The van der Waals surface area contributed by atoms with Gasteiger partial charge in [0, 0.05) is 10.9 Å². The van der Waals surface area contributed by atoms with Gasteiger partial charge in [0.2, 0.25) is 5.89 Å². The molecule has 30 heavy (non-hydrogen) atoms. The number of benzene rings is 3. The molecule has 152 valence electrons. The number of rotatable bonds is 6. The van der Waals surface area contributed by atoms with Gasteiger partial charge in [-0.2, -0.15) is 0 Å². The summed E-state index contributed by atoms with van der Waals surface area (Å²) in [5, 5.41) is 9.66. The van der Waals surface area contributed by atoms with Gasteiger partial charge in [0.1, 0.15) is 11.5 Å². The lowest BCUT2D eigenvalue weighted by Gasteiger charge is -2.12. The Balaban J connectivity index is 1.54. The zero-order valence-electron chi connectivity index (χ0n) is 16.8. The van der Waals surface area contributed by atoms with E-state index < -0.39 is 12.1 Å². The molecule has 1 heterocycles. The molecule has 4 rings (SSSR count). The summed E-state index contributed by atoms with van der Waals surface area (Å²) in [6.45, 7) is 1.69. The van der Waals surface area contributed by atoms with Gasteiger partial charge >= 0.3 is 5.97 Å². The molecule has 1 atom stereocenters. The smallest absolute Gasteiger partial charge is 0.339 e. The number of esters is 1. The molecule has 0 unspecified atom stereocenters. The topological polar surface area (TPSA) is 83.7 Å². The van der Waals surface area contributed by atoms with E-state index in [2.05, 4.69) is 10.2 Å². The Hall–Kier alpha value is -3.87. The summed E-state index contributed by atoms with van der Waals surface area (Å²) in [6, 6.07) is 18.2. The van der Waals surface area contributed by atoms with Crippen LogP contribution in [-0.2, 0) is 4.74 Å². The van der Waals surface area contributed by atoms with E-state index in [4.69, 9.17) is 18.6 Å². The van der Waals surface area contributed by atoms with Gasteiger partial charge in [0.25, 0.3) is 5.89 Å². The second kappa shape index (κ2) is 8.24. The van der Waals surface area contributed by atoms with Crippen molar-refractivity contribution in [3.05, 3.63) is 72.1 Å². The van der Waals surface area contributed by atoms with Gasteiger partial charge in [-0.1, -0.05) is 24.3 Å². The summed E-state index contributed by atoms with van der Waals surface area (Å²) in [5.74, 6) is 1.49. The maximum Gasteiger partial charge on any atom is 0.339 e. The Kier molecular flexibility index (Phi) is 5.34. The predicted octanol–water partition coefficient (Wildman–Crippen LogP) is 4.83. The van der Waals surface area contributed by atoms with Crippen LogP contribution in [0.15, 0.2) is 65.1 Å². The largest absolute Gasteiger partial charge is 0.497 e. The minimum atomic E-state index is -0.710. The van der Waals surface area contributed by atoms with Gasteiger partial charge in [-0.25, -0.2) is 4.79 Å². The van der Waals surface area contributed by atoms with E-state index in [0.29, 0.717) is 17.2 Å². The van der Waals surface area contributed by atoms with Gasteiger partial charge in [-0.05, 0) is 48.7 Å². The standard InChI is InChI=1S/C23H20N2O5/c1-14(21-24-25-22(30-21)15-8-10-16(27-2)11-9-15)29-23(26)19-12-13-20(28-3)18-7-5-4-6-17(18)19/h4-14H,1-3H3/t14-/m1/s1. The van der Waals surface area contributed by atoms with Crippen molar-refractivity contribution >= 4 is 16.7 Å². The molecule has 4 aromatic rings. The molecule has 0 aliphatic carbocycles. The van der Waals surface area contributed by atoms with Crippen LogP contribution in [0.1, 0.15) is 29.3 Å². The number of ether oxygens (including phenoxy) is 3. The highest BCUT2D eigenvalue weighted by molar-refractivity contribution is 6.06. The van der Waals surface area contributed by atoms with Gasteiger partial charge in [-0.3, -0.25) is 0 Å². The summed E-state index contributed by atoms with van der Waals surface area (Å²) in [5.41, 5.74) is 1.18. The molecule has 0 radical (unpaired) electrons. The van der Waals surface area contributed by atoms with E-state index in [-0.39, 0.29) is 5.89 Å². The van der Waals surface area contributed by atoms with Crippen LogP contribution < -0.4 is 9.47 Å². The first kappa shape index (κ1) is 19.4. The number of nitrogens with zero attached hydrogens (tertiary/aromatic N) is 2. The summed E-state index contributed by atoms with van der Waals surface area (Å²) in [4.78, 5) is 12.8. The number of carbonyl (C=O) groups excluding carboxylic acids is 1. The first-order valence-electron chi connectivity index (χ1n) is 9.35. The van der Waals surface area contributed by atoms with Crippen LogP contribution in [0.3, 0.4) is 0 Å². The van der Waals surface area contributed by atoms with E-state index in [1.54, 1.807) is 45.4 Å². The highest BCUT2D eigenvalue weighted by atomic mass is 16.6. The van der Waals surface area contributed by atoms with Gasteiger partial charge in [0.05, 0.1) is 19.8 Å². The fourth-order valence-corrected chi connectivity index (χ4v) is 3.15. The molecule has 0 bridgehead atoms. The van der Waals surface area contributed by atoms with Gasteiger partial charge in [-0.15, -0.1) is 10.2 Å². The van der Waals surface area contributed by atoms with Crippen molar-refractivity contribution in [3.63, 3.8) is 0 Å². The van der Waals surface area contributed by atoms with Crippen molar-refractivity contribution < 1.29 is 23.4 Å². The Morgan fingerprint density at radius 3 is 2.33 bits per heavy atom. The Bertz CT molecular complexity index is 1180. The van der Waals surface area contributed by atoms with E-state index in [9.17, 15) is 4.79 Å². The molecule has 7 nitrogen and oxygen atoms in total. The monoisotopic (exact) mass is 404 g/mol. The third-order valence-corrected chi connectivity index (χ3v) is 4.73. The molecule has 0 amide bonds. The molecule has 3 aromatic carbocycles. The van der Waals surface area contributed by atoms with Crippen molar-refractivity contribution in [1.29, 1.82) is 0 Å². The molecule has 1 aromatic heterocycles. The molecule has 7 heteroatoms. The molecule has 0 aliphatic heterocycles. The summed E-state index contributed by atoms with van der Waals surface area (Å²) in [6.07, 6.45) is -0.710. The van der Waals surface area contributed by atoms with Crippen molar-refractivity contribution in [2.75, 3.05) is 14.2 Å². The third-order valence-electron chi connectivity index (χ3n) is 4.73.